The van der Waals surface area contributed by atoms with Gasteiger partial charge in [0.15, 0.2) is 12.0 Å². The maximum atomic E-state index is 14.7. The molecule has 156 valence electrons. The number of nitrogens with one attached hydrogen (secondary N) is 1. The van der Waals surface area contributed by atoms with Gasteiger partial charge >= 0.3 is 0 Å². The molecule has 0 unspecified atom stereocenters. The van der Waals surface area contributed by atoms with Crippen molar-refractivity contribution >= 4 is 0 Å². The predicted octanol–water partition coefficient (Wildman–Crippen LogP) is 2.64. The van der Waals surface area contributed by atoms with Crippen LogP contribution >= 0.6 is 0 Å². The van der Waals surface area contributed by atoms with Crippen molar-refractivity contribution in [1.82, 2.24) is 30.3 Å². The van der Waals surface area contributed by atoms with Crippen LogP contribution in [-0.2, 0) is 7.05 Å². The van der Waals surface area contributed by atoms with E-state index in [-0.39, 0.29) is 29.5 Å². The van der Waals surface area contributed by atoms with Crippen LogP contribution in [0, 0.1) is 0 Å². The van der Waals surface area contributed by atoms with E-state index in [9.17, 15) is 9.50 Å². The zero-order valence-corrected chi connectivity index (χ0v) is 16.6. The Morgan fingerprint density at radius 1 is 1.20 bits per heavy atom. The Balaban J connectivity index is 1.31. The van der Waals surface area contributed by atoms with E-state index in [1.54, 1.807) is 23.0 Å². The number of benzene rings is 1. The molecule has 0 radical (unpaired) electrons. The van der Waals surface area contributed by atoms with Crippen molar-refractivity contribution in [1.29, 1.82) is 0 Å². The average molecular weight is 410 g/mol. The molecule has 2 N–H and O–H groups in total. The van der Waals surface area contributed by atoms with E-state index in [1.807, 2.05) is 19.3 Å². The maximum absolute atomic E-state index is 14.7. The largest absolute Gasteiger partial charge is 0.507 e. The van der Waals surface area contributed by atoms with E-state index < -0.39 is 12.3 Å². The SMILES string of the molecule is Cn1cc(-c2ccc(-c3ncc(O[C@@H]4C[C@@H]5CCC[C@H](N5)[C@@H]4F)nn3)c(O)c2)cn1. The third-order valence-corrected chi connectivity index (χ3v) is 5.86. The van der Waals surface area contributed by atoms with Gasteiger partial charge in [0.1, 0.15) is 11.9 Å². The standard InChI is InChI=1S/C21H23FN6O2/c1-28-11-13(9-24-28)12-5-6-15(17(29)7-12)21-23-10-19(26-27-21)30-18-8-14-3-2-4-16(25-14)20(18)22/h5-7,9-11,14,16,18,20,25,29H,2-4,8H2,1H3/t14-,16-,18+,20-/m0/s1. The van der Waals surface area contributed by atoms with Gasteiger partial charge in [-0.2, -0.15) is 5.10 Å². The predicted molar refractivity (Wildman–Crippen MR) is 108 cm³/mol. The monoisotopic (exact) mass is 410 g/mol. The number of ether oxygens (including phenoxy) is 1. The summed E-state index contributed by atoms with van der Waals surface area (Å²) in [5, 5.41) is 26.1. The molecule has 1 aromatic carbocycles. The van der Waals surface area contributed by atoms with Crippen LogP contribution in [0.2, 0.25) is 0 Å². The lowest BCUT2D eigenvalue weighted by molar-refractivity contribution is 0.00628. The minimum absolute atomic E-state index is 0.0434. The molecular weight excluding hydrogens is 387 g/mol. The summed E-state index contributed by atoms with van der Waals surface area (Å²) in [5.41, 5.74) is 2.19. The molecule has 0 amide bonds. The summed E-state index contributed by atoms with van der Waals surface area (Å²) in [6.07, 6.45) is 6.93. The Bertz CT molecular complexity index is 1040. The summed E-state index contributed by atoms with van der Waals surface area (Å²) in [5.74, 6) is 0.510. The summed E-state index contributed by atoms with van der Waals surface area (Å²) in [6.45, 7) is 0. The van der Waals surface area contributed by atoms with Gasteiger partial charge in [-0.1, -0.05) is 12.5 Å². The van der Waals surface area contributed by atoms with Gasteiger partial charge in [-0.15, -0.1) is 10.2 Å². The minimum atomic E-state index is -1.08. The molecule has 3 aromatic rings. The van der Waals surface area contributed by atoms with Gasteiger partial charge in [-0.3, -0.25) is 4.68 Å². The molecule has 9 heteroatoms. The molecule has 2 aromatic heterocycles. The number of rotatable bonds is 4. The maximum Gasteiger partial charge on any atom is 0.252 e. The van der Waals surface area contributed by atoms with E-state index in [1.165, 1.54) is 6.20 Å². The molecule has 0 saturated carbocycles. The zero-order valence-electron chi connectivity index (χ0n) is 16.6. The van der Waals surface area contributed by atoms with Crippen LogP contribution in [-0.4, -0.2) is 54.4 Å². The van der Waals surface area contributed by atoms with Crippen LogP contribution in [0.15, 0.2) is 36.8 Å². The van der Waals surface area contributed by atoms with E-state index in [0.29, 0.717) is 12.0 Å². The van der Waals surface area contributed by atoms with Crippen molar-refractivity contribution in [2.75, 3.05) is 0 Å². The number of nitrogens with zero attached hydrogens (tertiary/aromatic N) is 5. The van der Waals surface area contributed by atoms with Crippen molar-refractivity contribution in [3.63, 3.8) is 0 Å². The number of phenols is 1. The van der Waals surface area contributed by atoms with Gasteiger partial charge in [0.2, 0.25) is 0 Å². The molecule has 0 aliphatic carbocycles. The number of piperidine rings is 2. The summed E-state index contributed by atoms with van der Waals surface area (Å²) in [6, 6.07) is 5.37. The topological polar surface area (TPSA) is 98.0 Å². The molecule has 2 fully saturated rings. The fourth-order valence-corrected chi connectivity index (χ4v) is 4.34. The molecule has 4 atom stereocenters. The number of aryl methyl sites for hydroxylation is 1. The second kappa shape index (κ2) is 7.64. The van der Waals surface area contributed by atoms with Crippen molar-refractivity contribution in [3.8, 4) is 34.1 Å². The van der Waals surface area contributed by atoms with E-state index in [4.69, 9.17) is 4.74 Å². The quantitative estimate of drug-likeness (QED) is 0.682. The van der Waals surface area contributed by atoms with E-state index in [0.717, 1.165) is 30.4 Å². The zero-order chi connectivity index (χ0) is 20.7. The number of fused-ring (bicyclic) bond motifs is 2. The molecule has 0 spiro atoms. The Hall–Kier alpha value is -3.07. The average Bonchev–Trinajstić information content (AvgIpc) is 3.19. The fraction of sp³-hybridized carbons (Fsp3) is 0.429. The van der Waals surface area contributed by atoms with Gasteiger partial charge in [0.05, 0.1) is 18.0 Å². The number of phenolic OH excluding ortho intramolecular Hbond substituents is 1. The second-order valence-corrected chi connectivity index (χ2v) is 7.99. The summed E-state index contributed by atoms with van der Waals surface area (Å²) in [7, 11) is 1.84. The number of alkyl halides is 1. The molecule has 2 aliphatic rings. The van der Waals surface area contributed by atoms with Crippen LogP contribution in [0.4, 0.5) is 4.39 Å². The van der Waals surface area contributed by atoms with Crippen LogP contribution in [0.1, 0.15) is 25.7 Å². The molecule has 5 rings (SSSR count). The summed E-state index contributed by atoms with van der Waals surface area (Å²) >= 11 is 0. The van der Waals surface area contributed by atoms with Crippen molar-refractivity contribution in [2.24, 2.45) is 7.05 Å². The number of aromatic nitrogens is 5. The first kappa shape index (κ1) is 18.9. The molecule has 8 nitrogen and oxygen atoms in total. The van der Waals surface area contributed by atoms with Crippen molar-refractivity contribution < 1.29 is 14.2 Å². The van der Waals surface area contributed by atoms with Gasteiger partial charge in [-0.25, -0.2) is 9.37 Å². The van der Waals surface area contributed by atoms with E-state index in [2.05, 4.69) is 25.6 Å². The molecule has 2 saturated heterocycles. The van der Waals surface area contributed by atoms with Crippen LogP contribution in [0.3, 0.4) is 0 Å². The lowest BCUT2D eigenvalue weighted by atomic mass is 9.84. The Labute approximate surface area is 173 Å². The first-order valence-electron chi connectivity index (χ1n) is 10.2. The first-order valence-corrected chi connectivity index (χ1v) is 10.2. The highest BCUT2D eigenvalue weighted by Gasteiger charge is 2.41. The number of hydrogen-bond donors (Lipinski definition) is 2. The first-order chi connectivity index (χ1) is 14.6. The van der Waals surface area contributed by atoms with Crippen LogP contribution in [0.5, 0.6) is 11.6 Å². The van der Waals surface area contributed by atoms with Crippen molar-refractivity contribution in [2.45, 2.75) is 50.0 Å². The lowest BCUT2D eigenvalue weighted by Gasteiger charge is -2.42. The van der Waals surface area contributed by atoms with Gasteiger partial charge < -0.3 is 15.2 Å². The van der Waals surface area contributed by atoms with Gasteiger partial charge in [-0.05, 0) is 30.5 Å². The Kier molecular flexibility index (Phi) is 4.82. The van der Waals surface area contributed by atoms with Crippen LogP contribution in [0.25, 0.3) is 22.5 Å². The molecule has 2 aliphatic heterocycles. The smallest absolute Gasteiger partial charge is 0.252 e. The molecule has 4 heterocycles. The Morgan fingerprint density at radius 3 is 2.83 bits per heavy atom. The number of halogens is 1. The van der Waals surface area contributed by atoms with E-state index >= 15 is 0 Å². The number of aromatic hydroxyl groups is 1. The second-order valence-electron chi connectivity index (χ2n) is 7.99. The normalized spacial score (nSPS) is 25.8. The fourth-order valence-electron chi connectivity index (χ4n) is 4.34. The third kappa shape index (κ3) is 3.60. The summed E-state index contributed by atoms with van der Waals surface area (Å²) < 4.78 is 22.2. The number of hydrogen-bond acceptors (Lipinski definition) is 7. The Morgan fingerprint density at radius 2 is 2.10 bits per heavy atom. The third-order valence-electron chi connectivity index (χ3n) is 5.86. The molecule has 30 heavy (non-hydrogen) atoms. The van der Waals surface area contributed by atoms with Crippen molar-refractivity contribution in [3.05, 3.63) is 36.8 Å². The highest BCUT2D eigenvalue weighted by molar-refractivity contribution is 5.72. The van der Waals surface area contributed by atoms with Crippen LogP contribution < -0.4 is 10.1 Å². The highest BCUT2D eigenvalue weighted by atomic mass is 19.1. The molecular formula is C21H23FN6O2. The highest BCUT2D eigenvalue weighted by Crippen LogP contribution is 2.32. The minimum Gasteiger partial charge on any atom is -0.507 e. The molecule has 2 bridgehead atoms. The van der Waals surface area contributed by atoms with Gasteiger partial charge in [0.25, 0.3) is 5.88 Å². The lowest BCUT2D eigenvalue weighted by Crippen LogP contribution is -2.59. The summed E-state index contributed by atoms with van der Waals surface area (Å²) in [4.78, 5) is 4.27. The van der Waals surface area contributed by atoms with Gasteiger partial charge in [0, 0.05) is 37.3 Å².